The maximum atomic E-state index is 13.2. The molecule has 1 aliphatic rings. The number of rotatable bonds is 5. The summed E-state index contributed by atoms with van der Waals surface area (Å²) in [4.78, 5) is 39.8. The number of nitrogens with zero attached hydrogens (tertiary/aromatic N) is 1. The van der Waals surface area contributed by atoms with Crippen molar-refractivity contribution in [3.63, 3.8) is 0 Å². The van der Waals surface area contributed by atoms with Crippen molar-refractivity contribution in [2.75, 3.05) is 13.1 Å². The summed E-state index contributed by atoms with van der Waals surface area (Å²) in [7, 11) is 0. The molecular weight excluding hydrogens is 426 g/mol. The minimum atomic E-state index is -0.594. The molecule has 3 rings (SSSR count). The fourth-order valence-electron chi connectivity index (χ4n) is 3.98. The van der Waals surface area contributed by atoms with E-state index in [-0.39, 0.29) is 23.9 Å². The van der Waals surface area contributed by atoms with Crippen LogP contribution in [-0.4, -0.2) is 47.5 Å². The Morgan fingerprint density at radius 1 is 1.16 bits per heavy atom. The molecule has 0 bridgehead atoms. The summed E-state index contributed by atoms with van der Waals surface area (Å²) in [5.41, 5.74) is -0.507. The molecular formula is C25H33NO5S. The van der Waals surface area contributed by atoms with Crippen LogP contribution in [0.1, 0.15) is 63.2 Å². The normalized spacial score (nSPS) is 17.9. The highest BCUT2D eigenvalue weighted by molar-refractivity contribution is 7.19. The van der Waals surface area contributed by atoms with E-state index in [0.717, 1.165) is 21.2 Å². The molecule has 1 saturated heterocycles. The molecule has 0 unspecified atom stereocenters. The second-order valence-corrected chi connectivity index (χ2v) is 11.6. The van der Waals surface area contributed by atoms with Crippen molar-refractivity contribution in [1.29, 1.82) is 0 Å². The number of aldehydes is 1. The molecule has 1 amide bonds. The van der Waals surface area contributed by atoms with Crippen molar-refractivity contribution >= 4 is 39.8 Å². The van der Waals surface area contributed by atoms with E-state index < -0.39 is 11.2 Å². The average Bonchev–Trinajstić information content (AvgIpc) is 3.29. The third-order valence-corrected chi connectivity index (χ3v) is 6.47. The Balaban J connectivity index is 1.83. The van der Waals surface area contributed by atoms with Gasteiger partial charge in [-0.2, -0.15) is 0 Å². The number of hydrogen-bond acceptors (Lipinski definition) is 6. The van der Waals surface area contributed by atoms with Gasteiger partial charge in [-0.15, -0.1) is 11.3 Å². The molecule has 0 radical (unpaired) electrons. The first kappa shape index (κ1) is 24.2. The Bertz CT molecular complexity index is 998. The summed E-state index contributed by atoms with van der Waals surface area (Å²) in [5.74, 6) is -0.649. The zero-order valence-corrected chi connectivity index (χ0v) is 20.6. The van der Waals surface area contributed by atoms with Crippen LogP contribution in [0, 0.1) is 11.8 Å². The molecule has 1 aromatic heterocycles. The van der Waals surface area contributed by atoms with E-state index in [1.54, 1.807) is 22.3 Å². The summed E-state index contributed by atoms with van der Waals surface area (Å²) in [6.45, 7) is 12.1. The van der Waals surface area contributed by atoms with Gasteiger partial charge in [-0.3, -0.25) is 9.59 Å². The summed E-state index contributed by atoms with van der Waals surface area (Å²) < 4.78 is 12.3. The Morgan fingerprint density at radius 3 is 2.47 bits per heavy atom. The van der Waals surface area contributed by atoms with Crippen molar-refractivity contribution < 1.29 is 23.9 Å². The fraction of sp³-hybridized carbons (Fsp3) is 0.560. The Labute approximate surface area is 193 Å². The van der Waals surface area contributed by atoms with Gasteiger partial charge in [0.2, 0.25) is 0 Å². The van der Waals surface area contributed by atoms with Crippen LogP contribution in [0.25, 0.3) is 10.1 Å². The van der Waals surface area contributed by atoms with Gasteiger partial charge in [-0.25, -0.2) is 4.79 Å². The molecule has 1 aromatic carbocycles. The Morgan fingerprint density at radius 2 is 1.84 bits per heavy atom. The lowest BCUT2D eigenvalue weighted by atomic mass is 9.88. The first-order valence-electron chi connectivity index (χ1n) is 11.0. The van der Waals surface area contributed by atoms with Gasteiger partial charge in [0.05, 0.1) is 5.92 Å². The third kappa shape index (κ3) is 6.09. The molecule has 1 fully saturated rings. The average molecular weight is 460 g/mol. The molecule has 0 spiro atoms. The van der Waals surface area contributed by atoms with Crippen LogP contribution in [0.5, 0.6) is 0 Å². The predicted molar refractivity (Wildman–Crippen MR) is 126 cm³/mol. The van der Waals surface area contributed by atoms with Gasteiger partial charge in [0, 0.05) is 33.6 Å². The highest BCUT2D eigenvalue weighted by Crippen LogP contribution is 2.34. The van der Waals surface area contributed by atoms with E-state index in [2.05, 4.69) is 0 Å². The standard InChI is InChI=1S/C25H33NO5S/c1-24(2,3)30-22(28)20(16-10-11-26(14-16)23(29)31-25(4,5)6)13-18-12-19-17(15-27)8-7-9-21(19)32-18/h7-9,12,15-16,20H,10-11,13-14H2,1-6H3/t16-,20-/m0/s1. The lowest BCUT2D eigenvalue weighted by molar-refractivity contribution is -0.161. The van der Waals surface area contributed by atoms with E-state index in [4.69, 9.17) is 9.47 Å². The molecule has 32 heavy (non-hydrogen) atoms. The van der Waals surface area contributed by atoms with Crippen LogP contribution in [0.2, 0.25) is 0 Å². The van der Waals surface area contributed by atoms with Crippen LogP contribution in [0.3, 0.4) is 0 Å². The van der Waals surface area contributed by atoms with Crippen molar-refractivity contribution in [2.24, 2.45) is 11.8 Å². The van der Waals surface area contributed by atoms with Crippen LogP contribution in [-0.2, 0) is 20.7 Å². The summed E-state index contributed by atoms with van der Waals surface area (Å²) in [6, 6.07) is 7.65. The second kappa shape index (κ2) is 9.22. The molecule has 2 heterocycles. The quantitative estimate of drug-likeness (QED) is 0.438. The van der Waals surface area contributed by atoms with Crippen LogP contribution >= 0.6 is 11.3 Å². The molecule has 0 N–H and O–H groups in total. The number of esters is 1. The molecule has 174 valence electrons. The van der Waals surface area contributed by atoms with Gasteiger partial charge in [0.15, 0.2) is 6.29 Å². The molecule has 7 heteroatoms. The minimum Gasteiger partial charge on any atom is -0.460 e. The van der Waals surface area contributed by atoms with E-state index in [1.807, 2.05) is 59.7 Å². The van der Waals surface area contributed by atoms with Gasteiger partial charge >= 0.3 is 12.1 Å². The van der Waals surface area contributed by atoms with Gasteiger partial charge in [0.1, 0.15) is 11.2 Å². The lowest BCUT2D eigenvalue weighted by Crippen LogP contribution is -2.38. The van der Waals surface area contributed by atoms with Crippen molar-refractivity contribution in [3.8, 4) is 0 Å². The van der Waals surface area contributed by atoms with Crippen molar-refractivity contribution in [3.05, 3.63) is 34.7 Å². The maximum absolute atomic E-state index is 13.2. The first-order valence-corrected chi connectivity index (χ1v) is 11.9. The van der Waals surface area contributed by atoms with Gasteiger partial charge in [0.25, 0.3) is 0 Å². The molecule has 6 nitrogen and oxygen atoms in total. The number of fused-ring (bicyclic) bond motifs is 1. The van der Waals surface area contributed by atoms with Gasteiger partial charge < -0.3 is 14.4 Å². The lowest BCUT2D eigenvalue weighted by Gasteiger charge is -2.28. The predicted octanol–water partition coefficient (Wildman–Crippen LogP) is 5.47. The van der Waals surface area contributed by atoms with Crippen molar-refractivity contribution in [2.45, 2.75) is 65.6 Å². The zero-order chi connectivity index (χ0) is 23.7. The number of hydrogen-bond donors (Lipinski definition) is 0. The van der Waals surface area contributed by atoms with Gasteiger partial charge in [-0.1, -0.05) is 12.1 Å². The summed E-state index contributed by atoms with van der Waals surface area (Å²) >= 11 is 1.59. The third-order valence-electron chi connectivity index (χ3n) is 5.35. The fourth-order valence-corrected chi connectivity index (χ4v) is 5.14. The maximum Gasteiger partial charge on any atom is 0.410 e. The Hall–Kier alpha value is -2.41. The Kier molecular flexibility index (Phi) is 6.98. The molecule has 2 aromatic rings. The molecule has 0 aliphatic carbocycles. The largest absolute Gasteiger partial charge is 0.460 e. The van der Waals surface area contributed by atoms with Gasteiger partial charge in [-0.05, 0) is 72.4 Å². The van der Waals surface area contributed by atoms with E-state index in [0.29, 0.717) is 31.5 Å². The SMILES string of the molecule is CC(C)(C)OC(=O)[C@@H](Cc1cc2c(C=O)cccc2s1)[C@H]1CCN(C(=O)OC(C)(C)C)C1. The van der Waals surface area contributed by atoms with Crippen LogP contribution in [0.15, 0.2) is 24.3 Å². The second-order valence-electron chi connectivity index (χ2n) is 10.4. The molecule has 0 saturated carbocycles. The molecule has 1 aliphatic heterocycles. The highest BCUT2D eigenvalue weighted by Gasteiger charge is 2.39. The topological polar surface area (TPSA) is 72.9 Å². The number of carbonyl (C=O) groups excluding carboxylic acids is 3. The number of amides is 1. The highest BCUT2D eigenvalue weighted by atomic mass is 32.1. The van der Waals surface area contributed by atoms with E-state index in [1.165, 1.54) is 0 Å². The number of likely N-dealkylation sites (tertiary alicyclic amines) is 1. The smallest absolute Gasteiger partial charge is 0.410 e. The van der Waals surface area contributed by atoms with E-state index >= 15 is 0 Å². The summed E-state index contributed by atoms with van der Waals surface area (Å²) in [5, 5.41) is 0.909. The number of ether oxygens (including phenoxy) is 2. The van der Waals surface area contributed by atoms with Crippen molar-refractivity contribution in [1.82, 2.24) is 4.90 Å². The number of thiophene rings is 1. The monoisotopic (exact) mass is 459 g/mol. The summed E-state index contributed by atoms with van der Waals surface area (Å²) in [6.07, 6.45) is 1.74. The van der Waals surface area contributed by atoms with Crippen LogP contribution in [0.4, 0.5) is 4.79 Å². The molecule has 2 atom stereocenters. The number of carbonyl (C=O) groups is 3. The van der Waals surface area contributed by atoms with Crippen LogP contribution < -0.4 is 0 Å². The van der Waals surface area contributed by atoms with E-state index in [9.17, 15) is 14.4 Å². The zero-order valence-electron chi connectivity index (χ0n) is 19.8. The number of benzene rings is 1. The minimum absolute atomic E-state index is 0.0203. The first-order chi connectivity index (χ1) is 14.9.